The number of phenols is 1. The number of carbonyl (C=O) groups excluding carboxylic acids is 2. The van der Waals surface area contributed by atoms with E-state index in [2.05, 4.69) is 10.2 Å². The Morgan fingerprint density at radius 2 is 1.73 bits per heavy atom. The molecule has 6 heteroatoms. The molecule has 2 bridgehead atoms. The van der Waals surface area contributed by atoms with Crippen LogP contribution in [0.15, 0.2) is 48.5 Å². The van der Waals surface area contributed by atoms with Gasteiger partial charge in [0, 0.05) is 30.7 Å². The Hall–Kier alpha value is -2.86. The molecule has 2 aromatic rings. The van der Waals surface area contributed by atoms with E-state index in [1.165, 1.54) is 0 Å². The van der Waals surface area contributed by atoms with E-state index in [0.717, 1.165) is 44.2 Å². The number of nitrogens with zero attached hydrogens (tertiary/aromatic N) is 1. The van der Waals surface area contributed by atoms with Crippen LogP contribution in [0.2, 0.25) is 0 Å². The summed E-state index contributed by atoms with van der Waals surface area (Å²) in [5.74, 6) is -0.322. The van der Waals surface area contributed by atoms with Gasteiger partial charge in [-0.25, -0.2) is 0 Å². The number of amides is 2. The first kappa shape index (κ1) is 20.4. The van der Waals surface area contributed by atoms with Crippen molar-refractivity contribution in [1.29, 1.82) is 0 Å². The van der Waals surface area contributed by atoms with E-state index in [-0.39, 0.29) is 23.1 Å². The lowest BCUT2D eigenvalue weighted by Gasteiger charge is -2.39. The lowest BCUT2D eigenvalue weighted by molar-refractivity contribution is 0.0943. The molecule has 2 amide bonds. The number of hydrogen-bond acceptors (Lipinski definition) is 4. The standard InChI is InChI=1S/C24H29N3O3/c25-23(29)21-9-4-8-20(22(21)28)17-14-18-10-11-19(15-17)27(18)13-5-12-26-24(30)16-6-2-1-3-7-16/h1-4,6-9,17-19,28H,5,10-15H2,(H2,25,29)(H,26,30)/t17-,18+,19-. The molecule has 2 fully saturated rings. The topological polar surface area (TPSA) is 95.7 Å². The zero-order valence-corrected chi connectivity index (χ0v) is 17.1. The first-order chi connectivity index (χ1) is 14.5. The molecular weight excluding hydrogens is 378 g/mol. The molecule has 158 valence electrons. The second-order valence-corrected chi connectivity index (χ2v) is 8.37. The van der Waals surface area contributed by atoms with Crippen molar-refractivity contribution < 1.29 is 14.7 Å². The Balaban J connectivity index is 1.31. The predicted molar refractivity (Wildman–Crippen MR) is 116 cm³/mol. The summed E-state index contributed by atoms with van der Waals surface area (Å²) in [6.45, 7) is 1.62. The quantitative estimate of drug-likeness (QED) is 0.615. The number of aromatic hydroxyl groups is 1. The number of para-hydroxylation sites is 1. The maximum Gasteiger partial charge on any atom is 0.252 e. The fraction of sp³-hybridized carbons (Fsp3) is 0.417. The number of nitrogens with one attached hydrogen (secondary N) is 1. The van der Waals surface area contributed by atoms with Gasteiger partial charge in [0.1, 0.15) is 5.75 Å². The summed E-state index contributed by atoms with van der Waals surface area (Å²) in [5, 5.41) is 13.5. The Bertz CT molecular complexity index is 901. The zero-order valence-electron chi connectivity index (χ0n) is 17.1. The van der Waals surface area contributed by atoms with Crippen LogP contribution in [0.5, 0.6) is 5.75 Å². The van der Waals surface area contributed by atoms with Crippen molar-refractivity contribution >= 4 is 11.8 Å². The van der Waals surface area contributed by atoms with Crippen LogP contribution >= 0.6 is 0 Å². The summed E-state index contributed by atoms with van der Waals surface area (Å²) in [4.78, 5) is 26.3. The van der Waals surface area contributed by atoms with Crippen molar-refractivity contribution in [2.24, 2.45) is 5.73 Å². The highest BCUT2D eigenvalue weighted by Crippen LogP contribution is 2.45. The molecule has 0 aromatic heterocycles. The summed E-state index contributed by atoms with van der Waals surface area (Å²) in [7, 11) is 0. The van der Waals surface area contributed by atoms with Gasteiger partial charge in [0.15, 0.2) is 0 Å². The van der Waals surface area contributed by atoms with Crippen LogP contribution in [-0.4, -0.2) is 47.0 Å². The van der Waals surface area contributed by atoms with Crippen LogP contribution in [0, 0.1) is 0 Å². The van der Waals surface area contributed by atoms with Crippen molar-refractivity contribution in [2.75, 3.05) is 13.1 Å². The van der Waals surface area contributed by atoms with Crippen molar-refractivity contribution in [3.63, 3.8) is 0 Å². The van der Waals surface area contributed by atoms with Gasteiger partial charge in [-0.05, 0) is 61.8 Å². The maximum atomic E-state index is 12.2. The Morgan fingerprint density at radius 1 is 1.03 bits per heavy atom. The first-order valence-corrected chi connectivity index (χ1v) is 10.7. The fourth-order valence-corrected chi connectivity index (χ4v) is 5.14. The summed E-state index contributed by atoms with van der Waals surface area (Å²) >= 11 is 0. The average molecular weight is 408 g/mol. The van der Waals surface area contributed by atoms with Crippen LogP contribution in [0.25, 0.3) is 0 Å². The zero-order chi connectivity index (χ0) is 21.1. The molecule has 6 nitrogen and oxygen atoms in total. The predicted octanol–water partition coefficient (Wildman–Crippen LogP) is 3.02. The van der Waals surface area contributed by atoms with Gasteiger partial charge in [0.05, 0.1) is 5.56 Å². The third-order valence-electron chi connectivity index (χ3n) is 6.57. The molecule has 4 rings (SSSR count). The van der Waals surface area contributed by atoms with E-state index in [4.69, 9.17) is 5.73 Å². The molecule has 30 heavy (non-hydrogen) atoms. The van der Waals surface area contributed by atoms with Crippen LogP contribution in [0.1, 0.15) is 64.3 Å². The largest absolute Gasteiger partial charge is 0.507 e. The third-order valence-corrected chi connectivity index (χ3v) is 6.57. The normalized spacial score (nSPS) is 23.3. The van der Waals surface area contributed by atoms with Crippen LogP contribution < -0.4 is 11.1 Å². The summed E-state index contributed by atoms with van der Waals surface area (Å²) in [6, 6.07) is 15.5. The minimum atomic E-state index is -0.590. The molecule has 0 aliphatic carbocycles. The molecule has 0 radical (unpaired) electrons. The van der Waals surface area contributed by atoms with Gasteiger partial charge in [-0.2, -0.15) is 0 Å². The van der Waals surface area contributed by atoms with E-state index < -0.39 is 5.91 Å². The van der Waals surface area contributed by atoms with Gasteiger partial charge in [-0.15, -0.1) is 0 Å². The molecule has 4 N–H and O–H groups in total. The smallest absolute Gasteiger partial charge is 0.252 e. The van der Waals surface area contributed by atoms with Crippen molar-refractivity contribution in [1.82, 2.24) is 10.2 Å². The van der Waals surface area contributed by atoms with E-state index in [0.29, 0.717) is 24.2 Å². The van der Waals surface area contributed by atoms with Crippen molar-refractivity contribution in [3.8, 4) is 5.75 Å². The summed E-state index contributed by atoms with van der Waals surface area (Å²) in [5.41, 5.74) is 7.13. The second-order valence-electron chi connectivity index (χ2n) is 8.37. The molecule has 2 saturated heterocycles. The minimum Gasteiger partial charge on any atom is -0.507 e. The Labute approximate surface area is 177 Å². The molecule has 2 aromatic carbocycles. The molecule has 2 aliphatic rings. The average Bonchev–Trinajstić information content (AvgIpc) is 2.98. The molecular formula is C24H29N3O3. The molecule has 0 saturated carbocycles. The highest BCUT2D eigenvalue weighted by Gasteiger charge is 2.41. The monoisotopic (exact) mass is 407 g/mol. The van der Waals surface area contributed by atoms with Crippen LogP contribution in [0.4, 0.5) is 0 Å². The number of primary amides is 1. The molecule has 2 heterocycles. The second kappa shape index (κ2) is 8.88. The fourth-order valence-electron chi connectivity index (χ4n) is 5.14. The van der Waals surface area contributed by atoms with E-state index in [1.807, 2.05) is 36.4 Å². The van der Waals surface area contributed by atoms with Gasteiger partial charge < -0.3 is 16.2 Å². The number of piperidine rings is 1. The van der Waals surface area contributed by atoms with Crippen molar-refractivity contribution in [2.45, 2.75) is 50.1 Å². The summed E-state index contributed by atoms with van der Waals surface area (Å²) in [6.07, 6.45) is 5.19. The Kier molecular flexibility index (Phi) is 6.04. The Morgan fingerprint density at radius 3 is 2.40 bits per heavy atom. The molecule has 2 aliphatic heterocycles. The number of rotatable bonds is 7. The summed E-state index contributed by atoms with van der Waals surface area (Å²) < 4.78 is 0. The molecule has 0 unspecified atom stereocenters. The van der Waals surface area contributed by atoms with Gasteiger partial charge in [-0.1, -0.05) is 30.3 Å². The minimum absolute atomic E-state index is 0.0258. The molecule has 3 atom stereocenters. The number of hydrogen-bond donors (Lipinski definition) is 3. The van der Waals surface area contributed by atoms with Crippen LogP contribution in [0.3, 0.4) is 0 Å². The van der Waals surface area contributed by atoms with E-state index in [1.54, 1.807) is 12.1 Å². The number of fused-ring (bicyclic) bond motifs is 2. The maximum absolute atomic E-state index is 12.2. The highest BCUT2D eigenvalue weighted by molar-refractivity contribution is 5.96. The van der Waals surface area contributed by atoms with E-state index in [9.17, 15) is 14.7 Å². The number of benzene rings is 2. The lowest BCUT2D eigenvalue weighted by Crippen LogP contribution is -2.43. The van der Waals surface area contributed by atoms with E-state index >= 15 is 0 Å². The van der Waals surface area contributed by atoms with Gasteiger partial charge in [0.25, 0.3) is 11.8 Å². The van der Waals surface area contributed by atoms with Gasteiger partial charge in [-0.3, -0.25) is 14.5 Å². The van der Waals surface area contributed by atoms with Gasteiger partial charge in [0.2, 0.25) is 0 Å². The lowest BCUT2D eigenvalue weighted by atomic mass is 9.83. The van der Waals surface area contributed by atoms with Crippen molar-refractivity contribution in [3.05, 3.63) is 65.2 Å². The number of carbonyl (C=O) groups is 2. The number of nitrogens with two attached hydrogens (primary N) is 1. The van der Waals surface area contributed by atoms with Crippen LogP contribution in [-0.2, 0) is 0 Å². The van der Waals surface area contributed by atoms with Gasteiger partial charge >= 0.3 is 0 Å². The molecule has 0 spiro atoms. The first-order valence-electron chi connectivity index (χ1n) is 10.7. The third kappa shape index (κ3) is 4.19. The SMILES string of the molecule is NC(=O)c1cccc([C@H]2C[C@H]3CC[C@@H](C2)N3CCCNC(=O)c2ccccc2)c1O. The highest BCUT2D eigenvalue weighted by atomic mass is 16.3.